The van der Waals surface area contributed by atoms with E-state index >= 15 is 0 Å². The Hall–Kier alpha value is -2.81. The fourth-order valence-corrected chi connectivity index (χ4v) is 2.26. The topological polar surface area (TPSA) is 39.4 Å². The maximum atomic E-state index is 11.2. The summed E-state index contributed by atoms with van der Waals surface area (Å²) < 4.78 is 11.4. The van der Waals surface area contributed by atoms with Gasteiger partial charge in [-0.05, 0) is 42.8 Å². The van der Waals surface area contributed by atoms with Crippen molar-refractivity contribution in [2.24, 2.45) is 0 Å². The molecule has 0 saturated heterocycles. The Morgan fingerprint density at radius 3 is 2.55 bits per heavy atom. The highest BCUT2D eigenvalue weighted by molar-refractivity contribution is 5.86. The molecule has 0 fully saturated rings. The first kappa shape index (κ1) is 14.1. The van der Waals surface area contributed by atoms with E-state index in [-0.39, 0.29) is 0 Å². The van der Waals surface area contributed by atoms with Crippen LogP contribution in [0, 0.1) is 6.92 Å². The summed E-state index contributed by atoms with van der Waals surface area (Å²) in [4.78, 5) is 11.2. The highest BCUT2D eigenvalue weighted by Gasteiger charge is 2.10. The Morgan fingerprint density at radius 1 is 1.05 bits per heavy atom. The van der Waals surface area contributed by atoms with Crippen LogP contribution in [0.15, 0.2) is 65.1 Å². The molecule has 0 spiro atoms. The van der Waals surface area contributed by atoms with Crippen molar-refractivity contribution >= 4 is 6.29 Å². The lowest BCUT2D eigenvalue weighted by atomic mass is 10.1. The summed E-state index contributed by atoms with van der Waals surface area (Å²) in [7, 11) is 0. The highest BCUT2D eigenvalue weighted by Crippen LogP contribution is 2.29. The average molecular weight is 292 g/mol. The standard InChI is InChI=1S/C19H16O3/c1-14-7-10-19(22-14)18-11-17(9-8-16(18)12-20)21-13-15-5-3-2-4-6-15/h2-12H,13H2,1H3. The molecule has 22 heavy (non-hydrogen) atoms. The van der Waals surface area contributed by atoms with E-state index in [1.165, 1.54) is 0 Å². The van der Waals surface area contributed by atoms with E-state index < -0.39 is 0 Å². The zero-order valence-electron chi connectivity index (χ0n) is 12.3. The first-order chi connectivity index (χ1) is 10.8. The van der Waals surface area contributed by atoms with Crippen molar-refractivity contribution in [1.82, 2.24) is 0 Å². The number of furan rings is 1. The van der Waals surface area contributed by atoms with Gasteiger partial charge in [0.05, 0.1) is 0 Å². The minimum absolute atomic E-state index is 0.484. The van der Waals surface area contributed by atoms with Crippen LogP contribution in [-0.2, 0) is 6.61 Å². The second kappa shape index (κ2) is 6.31. The first-order valence-corrected chi connectivity index (χ1v) is 7.09. The Bertz CT molecular complexity index is 772. The minimum atomic E-state index is 0.484. The molecule has 2 aromatic carbocycles. The van der Waals surface area contributed by atoms with E-state index in [0.29, 0.717) is 23.7 Å². The molecule has 0 aliphatic carbocycles. The number of hydrogen-bond donors (Lipinski definition) is 0. The number of ether oxygens (including phenoxy) is 1. The molecule has 110 valence electrons. The van der Waals surface area contributed by atoms with Gasteiger partial charge in [-0.1, -0.05) is 30.3 Å². The summed E-state index contributed by atoms with van der Waals surface area (Å²) in [5.41, 5.74) is 2.42. The third-order valence-electron chi connectivity index (χ3n) is 3.41. The monoisotopic (exact) mass is 292 g/mol. The molecule has 3 heteroatoms. The molecular formula is C19H16O3. The van der Waals surface area contributed by atoms with E-state index in [2.05, 4.69) is 0 Å². The Kier molecular flexibility index (Phi) is 4.05. The molecule has 0 radical (unpaired) electrons. The van der Waals surface area contributed by atoms with Gasteiger partial charge in [0.1, 0.15) is 23.9 Å². The number of hydrogen-bond acceptors (Lipinski definition) is 3. The molecule has 1 aromatic heterocycles. The van der Waals surface area contributed by atoms with Gasteiger partial charge in [-0.3, -0.25) is 4.79 Å². The number of benzene rings is 2. The van der Waals surface area contributed by atoms with E-state index in [9.17, 15) is 4.79 Å². The summed E-state index contributed by atoms with van der Waals surface area (Å²) in [5, 5.41) is 0. The van der Waals surface area contributed by atoms with Gasteiger partial charge in [0, 0.05) is 11.1 Å². The maximum Gasteiger partial charge on any atom is 0.150 e. The summed E-state index contributed by atoms with van der Waals surface area (Å²) in [6, 6.07) is 19.1. The third kappa shape index (κ3) is 3.09. The minimum Gasteiger partial charge on any atom is -0.489 e. The molecule has 0 amide bonds. The molecule has 3 rings (SSSR count). The van der Waals surface area contributed by atoms with Crippen molar-refractivity contribution in [3.05, 3.63) is 77.6 Å². The number of rotatable bonds is 5. The number of aldehydes is 1. The van der Waals surface area contributed by atoms with Gasteiger partial charge in [-0.25, -0.2) is 0 Å². The van der Waals surface area contributed by atoms with E-state index in [4.69, 9.17) is 9.15 Å². The normalized spacial score (nSPS) is 10.4. The van der Waals surface area contributed by atoms with Crippen molar-refractivity contribution in [3.63, 3.8) is 0 Å². The lowest BCUT2D eigenvalue weighted by Gasteiger charge is -2.09. The van der Waals surface area contributed by atoms with Crippen LogP contribution in [-0.4, -0.2) is 6.29 Å². The van der Waals surface area contributed by atoms with Crippen LogP contribution in [0.1, 0.15) is 21.7 Å². The van der Waals surface area contributed by atoms with Crippen LogP contribution in [0.4, 0.5) is 0 Å². The molecule has 3 aromatic rings. The van der Waals surface area contributed by atoms with Gasteiger partial charge in [0.25, 0.3) is 0 Å². The molecule has 0 unspecified atom stereocenters. The zero-order chi connectivity index (χ0) is 15.4. The van der Waals surface area contributed by atoms with Crippen LogP contribution in [0.2, 0.25) is 0 Å². The van der Waals surface area contributed by atoms with Crippen molar-refractivity contribution in [2.75, 3.05) is 0 Å². The first-order valence-electron chi connectivity index (χ1n) is 7.09. The number of carbonyl (C=O) groups excluding carboxylic acids is 1. The second-order valence-corrected chi connectivity index (χ2v) is 5.05. The Balaban J connectivity index is 1.85. The molecule has 0 N–H and O–H groups in total. The predicted molar refractivity (Wildman–Crippen MR) is 85.0 cm³/mol. The van der Waals surface area contributed by atoms with Gasteiger partial charge >= 0.3 is 0 Å². The summed E-state index contributed by atoms with van der Waals surface area (Å²) in [6.45, 7) is 2.36. The lowest BCUT2D eigenvalue weighted by Crippen LogP contribution is -1.96. The maximum absolute atomic E-state index is 11.2. The largest absolute Gasteiger partial charge is 0.489 e. The number of aryl methyl sites for hydroxylation is 1. The van der Waals surface area contributed by atoms with Gasteiger partial charge in [0.2, 0.25) is 0 Å². The van der Waals surface area contributed by atoms with Gasteiger partial charge in [-0.15, -0.1) is 0 Å². The third-order valence-corrected chi connectivity index (χ3v) is 3.41. The fraction of sp³-hybridized carbons (Fsp3) is 0.105. The smallest absolute Gasteiger partial charge is 0.150 e. The van der Waals surface area contributed by atoms with Crippen LogP contribution in [0.5, 0.6) is 5.75 Å². The van der Waals surface area contributed by atoms with Crippen molar-refractivity contribution in [1.29, 1.82) is 0 Å². The molecule has 3 nitrogen and oxygen atoms in total. The molecule has 0 aliphatic heterocycles. The second-order valence-electron chi connectivity index (χ2n) is 5.05. The van der Waals surface area contributed by atoms with Crippen LogP contribution in [0.25, 0.3) is 11.3 Å². The zero-order valence-corrected chi connectivity index (χ0v) is 12.3. The van der Waals surface area contributed by atoms with Crippen molar-refractivity contribution < 1.29 is 13.9 Å². The highest BCUT2D eigenvalue weighted by atomic mass is 16.5. The summed E-state index contributed by atoms with van der Waals surface area (Å²) in [5.74, 6) is 2.19. The predicted octanol–water partition coefficient (Wildman–Crippen LogP) is 4.65. The van der Waals surface area contributed by atoms with Gasteiger partial charge in [0.15, 0.2) is 6.29 Å². The molecule has 0 atom stereocenters. The molecule has 0 aliphatic rings. The lowest BCUT2D eigenvalue weighted by molar-refractivity contribution is 0.112. The average Bonchev–Trinajstić information content (AvgIpc) is 3.00. The van der Waals surface area contributed by atoms with Crippen LogP contribution in [0.3, 0.4) is 0 Å². The van der Waals surface area contributed by atoms with Crippen molar-refractivity contribution in [2.45, 2.75) is 13.5 Å². The Morgan fingerprint density at radius 2 is 1.86 bits per heavy atom. The van der Waals surface area contributed by atoms with Crippen molar-refractivity contribution in [3.8, 4) is 17.1 Å². The summed E-state index contributed by atoms with van der Waals surface area (Å²) >= 11 is 0. The quantitative estimate of drug-likeness (QED) is 0.643. The fourth-order valence-electron chi connectivity index (χ4n) is 2.26. The molecule has 0 bridgehead atoms. The van der Waals surface area contributed by atoms with E-state index in [1.54, 1.807) is 12.1 Å². The molecular weight excluding hydrogens is 276 g/mol. The van der Waals surface area contributed by atoms with E-state index in [0.717, 1.165) is 23.2 Å². The molecule has 1 heterocycles. The van der Waals surface area contributed by atoms with Crippen LogP contribution >= 0.6 is 0 Å². The SMILES string of the molecule is Cc1ccc(-c2cc(OCc3ccccc3)ccc2C=O)o1. The van der Waals surface area contributed by atoms with Gasteiger partial charge in [-0.2, -0.15) is 0 Å². The number of carbonyl (C=O) groups is 1. The van der Waals surface area contributed by atoms with Crippen LogP contribution < -0.4 is 4.74 Å². The Labute approximate surface area is 129 Å². The summed E-state index contributed by atoms with van der Waals surface area (Å²) in [6.07, 6.45) is 0.828. The van der Waals surface area contributed by atoms with E-state index in [1.807, 2.05) is 55.5 Å². The molecule has 0 saturated carbocycles. The van der Waals surface area contributed by atoms with Gasteiger partial charge < -0.3 is 9.15 Å².